The van der Waals surface area contributed by atoms with Crippen molar-refractivity contribution in [2.45, 2.75) is 26.0 Å². The van der Waals surface area contributed by atoms with Crippen molar-refractivity contribution in [3.63, 3.8) is 0 Å². The molecule has 0 saturated carbocycles. The second kappa shape index (κ2) is 7.43. The lowest BCUT2D eigenvalue weighted by molar-refractivity contribution is 0.303. The highest BCUT2D eigenvalue weighted by Crippen LogP contribution is 2.30. The summed E-state index contributed by atoms with van der Waals surface area (Å²) in [5.41, 5.74) is 8.08. The van der Waals surface area contributed by atoms with Crippen LogP contribution >= 0.6 is 23.2 Å². The Morgan fingerprint density at radius 2 is 1.83 bits per heavy atom. The molecule has 0 bridgehead atoms. The van der Waals surface area contributed by atoms with Crippen LogP contribution in [-0.4, -0.2) is 6.04 Å². The topological polar surface area (TPSA) is 35.2 Å². The summed E-state index contributed by atoms with van der Waals surface area (Å²) in [6, 6.07) is 17.8. The highest BCUT2D eigenvalue weighted by molar-refractivity contribution is 6.35. The zero-order valence-corrected chi connectivity index (χ0v) is 14.9. The number of rotatable bonds is 5. The van der Waals surface area contributed by atoms with Crippen LogP contribution in [0.4, 0.5) is 0 Å². The van der Waals surface area contributed by atoms with Gasteiger partial charge in [-0.1, -0.05) is 59.6 Å². The van der Waals surface area contributed by atoms with Crippen LogP contribution in [0.3, 0.4) is 0 Å². The smallest absolute Gasteiger partial charge is 0.123 e. The predicted octanol–water partition coefficient (Wildman–Crippen LogP) is 5.62. The SMILES string of the molecule is CC(N)Cc1c(OCc2ccc(Cl)cc2Cl)ccc2ccccc12. The number of hydrogen-bond donors (Lipinski definition) is 1. The molecule has 3 rings (SSSR count). The van der Waals surface area contributed by atoms with E-state index in [1.165, 1.54) is 10.8 Å². The quantitative estimate of drug-likeness (QED) is 0.641. The minimum atomic E-state index is 0.0530. The summed E-state index contributed by atoms with van der Waals surface area (Å²) in [6.07, 6.45) is 0.755. The molecule has 0 amide bonds. The number of hydrogen-bond acceptors (Lipinski definition) is 2. The molecule has 24 heavy (non-hydrogen) atoms. The first kappa shape index (κ1) is 17.1. The second-order valence-corrected chi connectivity index (χ2v) is 6.81. The maximum Gasteiger partial charge on any atom is 0.123 e. The van der Waals surface area contributed by atoms with E-state index in [0.717, 1.165) is 23.3 Å². The van der Waals surface area contributed by atoms with Crippen LogP contribution in [0.5, 0.6) is 5.75 Å². The van der Waals surface area contributed by atoms with E-state index in [1.807, 2.05) is 37.3 Å². The molecule has 1 atom stereocenters. The van der Waals surface area contributed by atoms with Crippen LogP contribution in [-0.2, 0) is 13.0 Å². The molecule has 124 valence electrons. The highest BCUT2D eigenvalue weighted by atomic mass is 35.5. The molecule has 1 unspecified atom stereocenters. The molecular weight excluding hydrogens is 341 g/mol. The van der Waals surface area contributed by atoms with E-state index in [-0.39, 0.29) is 6.04 Å². The Bertz CT molecular complexity index is 861. The zero-order chi connectivity index (χ0) is 17.1. The fourth-order valence-electron chi connectivity index (χ4n) is 2.78. The molecular formula is C20H19Cl2NO. The fraction of sp³-hybridized carbons (Fsp3) is 0.200. The number of fused-ring (bicyclic) bond motifs is 1. The maximum atomic E-state index is 6.23. The number of benzene rings is 3. The van der Waals surface area contributed by atoms with Gasteiger partial charge < -0.3 is 10.5 Å². The van der Waals surface area contributed by atoms with Gasteiger partial charge in [-0.25, -0.2) is 0 Å². The normalized spacial score (nSPS) is 12.3. The molecule has 0 heterocycles. The lowest BCUT2D eigenvalue weighted by Gasteiger charge is -2.16. The molecule has 0 aliphatic rings. The van der Waals surface area contributed by atoms with Gasteiger partial charge in [-0.05, 0) is 42.3 Å². The first-order valence-electron chi connectivity index (χ1n) is 7.87. The van der Waals surface area contributed by atoms with Gasteiger partial charge in [0.15, 0.2) is 0 Å². The van der Waals surface area contributed by atoms with Crippen molar-refractivity contribution in [3.05, 3.63) is 75.8 Å². The average Bonchev–Trinajstić information content (AvgIpc) is 2.55. The van der Waals surface area contributed by atoms with E-state index in [9.17, 15) is 0 Å². The van der Waals surface area contributed by atoms with Crippen LogP contribution in [0.2, 0.25) is 10.0 Å². The first-order valence-corrected chi connectivity index (χ1v) is 8.63. The van der Waals surface area contributed by atoms with Crippen LogP contribution in [0.15, 0.2) is 54.6 Å². The minimum absolute atomic E-state index is 0.0530. The van der Waals surface area contributed by atoms with E-state index in [1.54, 1.807) is 6.07 Å². The molecule has 0 fully saturated rings. The summed E-state index contributed by atoms with van der Waals surface area (Å²) in [7, 11) is 0. The molecule has 3 aromatic rings. The van der Waals surface area contributed by atoms with Gasteiger partial charge in [0, 0.05) is 27.2 Å². The van der Waals surface area contributed by atoms with Crippen LogP contribution in [0.1, 0.15) is 18.1 Å². The van der Waals surface area contributed by atoms with Gasteiger partial charge in [0.25, 0.3) is 0 Å². The Balaban J connectivity index is 1.93. The van der Waals surface area contributed by atoms with Crippen molar-refractivity contribution >= 4 is 34.0 Å². The Kier molecular flexibility index (Phi) is 5.30. The summed E-state index contributed by atoms with van der Waals surface area (Å²) in [5, 5.41) is 3.59. The number of nitrogens with two attached hydrogens (primary N) is 1. The second-order valence-electron chi connectivity index (χ2n) is 5.97. The standard InChI is InChI=1S/C20H19Cl2NO/c1-13(23)10-18-17-5-3-2-4-14(17)7-9-20(18)24-12-15-6-8-16(21)11-19(15)22/h2-9,11,13H,10,12,23H2,1H3. The maximum absolute atomic E-state index is 6.23. The van der Waals surface area contributed by atoms with E-state index in [4.69, 9.17) is 33.7 Å². The third-order valence-electron chi connectivity index (χ3n) is 3.92. The molecule has 0 saturated heterocycles. The largest absolute Gasteiger partial charge is 0.489 e. The van der Waals surface area contributed by atoms with Crippen molar-refractivity contribution in [3.8, 4) is 5.75 Å². The third kappa shape index (κ3) is 3.84. The predicted molar refractivity (Wildman–Crippen MR) is 102 cm³/mol. The van der Waals surface area contributed by atoms with Gasteiger partial charge >= 0.3 is 0 Å². The Morgan fingerprint density at radius 1 is 1.04 bits per heavy atom. The summed E-state index contributed by atoms with van der Waals surface area (Å²) in [6.45, 7) is 2.39. The number of halogens is 2. The fourth-order valence-corrected chi connectivity index (χ4v) is 3.24. The van der Waals surface area contributed by atoms with E-state index in [0.29, 0.717) is 16.7 Å². The molecule has 2 N–H and O–H groups in total. The van der Waals surface area contributed by atoms with E-state index in [2.05, 4.69) is 18.2 Å². The van der Waals surface area contributed by atoms with Crippen molar-refractivity contribution in [2.75, 3.05) is 0 Å². The Morgan fingerprint density at radius 3 is 2.58 bits per heavy atom. The molecule has 2 nitrogen and oxygen atoms in total. The summed E-state index contributed by atoms with van der Waals surface area (Å²) in [5.74, 6) is 0.844. The van der Waals surface area contributed by atoms with Crippen molar-refractivity contribution in [1.29, 1.82) is 0 Å². The van der Waals surface area contributed by atoms with Gasteiger partial charge in [-0.15, -0.1) is 0 Å². The third-order valence-corrected chi connectivity index (χ3v) is 4.51. The Labute approximate surface area is 152 Å². The van der Waals surface area contributed by atoms with Gasteiger partial charge in [0.05, 0.1) is 0 Å². The van der Waals surface area contributed by atoms with Gasteiger partial charge in [0.2, 0.25) is 0 Å². The molecule has 0 aliphatic heterocycles. The molecule has 0 radical (unpaired) electrons. The molecule has 0 aliphatic carbocycles. The summed E-state index contributed by atoms with van der Waals surface area (Å²) < 4.78 is 6.07. The van der Waals surface area contributed by atoms with Crippen molar-refractivity contribution in [2.24, 2.45) is 5.73 Å². The zero-order valence-electron chi connectivity index (χ0n) is 13.4. The summed E-state index contributed by atoms with van der Waals surface area (Å²) in [4.78, 5) is 0. The molecule has 4 heteroatoms. The van der Waals surface area contributed by atoms with Crippen LogP contribution in [0.25, 0.3) is 10.8 Å². The van der Waals surface area contributed by atoms with Crippen molar-refractivity contribution < 1.29 is 4.74 Å². The van der Waals surface area contributed by atoms with E-state index >= 15 is 0 Å². The van der Waals surface area contributed by atoms with Crippen molar-refractivity contribution in [1.82, 2.24) is 0 Å². The lowest BCUT2D eigenvalue weighted by atomic mass is 9.98. The van der Waals surface area contributed by atoms with Gasteiger partial charge in [0.1, 0.15) is 12.4 Å². The highest BCUT2D eigenvalue weighted by Gasteiger charge is 2.12. The first-order chi connectivity index (χ1) is 11.5. The minimum Gasteiger partial charge on any atom is -0.489 e. The lowest BCUT2D eigenvalue weighted by Crippen LogP contribution is -2.18. The average molecular weight is 360 g/mol. The van der Waals surface area contributed by atoms with Gasteiger partial charge in [-0.3, -0.25) is 0 Å². The molecule has 0 spiro atoms. The molecule has 3 aromatic carbocycles. The summed E-state index contributed by atoms with van der Waals surface area (Å²) >= 11 is 12.2. The monoisotopic (exact) mass is 359 g/mol. The molecule has 0 aromatic heterocycles. The van der Waals surface area contributed by atoms with Crippen LogP contribution in [0, 0.1) is 0 Å². The van der Waals surface area contributed by atoms with Gasteiger partial charge in [-0.2, -0.15) is 0 Å². The van der Waals surface area contributed by atoms with Crippen LogP contribution < -0.4 is 10.5 Å². The number of ether oxygens (including phenoxy) is 1. The van der Waals surface area contributed by atoms with E-state index < -0.39 is 0 Å². The Hall–Kier alpha value is -1.74.